The van der Waals surface area contributed by atoms with E-state index in [0.717, 1.165) is 25.2 Å². The fourth-order valence-electron chi connectivity index (χ4n) is 8.17. The van der Waals surface area contributed by atoms with Crippen LogP contribution in [0.15, 0.2) is 41.7 Å². The molecule has 4 fully saturated rings. The van der Waals surface area contributed by atoms with E-state index in [9.17, 15) is 23.1 Å². The summed E-state index contributed by atoms with van der Waals surface area (Å²) < 4.78 is 36.8. The number of hydrogen-bond acceptors (Lipinski definition) is 8. The number of halogens is 1. The highest BCUT2D eigenvalue weighted by Crippen LogP contribution is 2.93. The summed E-state index contributed by atoms with van der Waals surface area (Å²) in [6, 6.07) is 5.98. The highest BCUT2D eigenvalue weighted by molar-refractivity contribution is 7.90. The highest BCUT2D eigenvalue weighted by atomic mass is 35.5. The lowest BCUT2D eigenvalue weighted by Crippen LogP contribution is -2.41. The Labute approximate surface area is 272 Å². The molecule has 2 spiro atoms. The maximum atomic E-state index is 12.9. The number of carbonyl (C=O) groups is 2. The number of pyridine rings is 1. The molecule has 2 amide bonds. The first kappa shape index (κ1) is 31.0. The molecule has 0 aromatic carbocycles. The molecule has 4 aliphatic rings. The van der Waals surface area contributed by atoms with Gasteiger partial charge in [0.1, 0.15) is 5.15 Å². The third-order valence-corrected chi connectivity index (χ3v) is 12.2. The van der Waals surface area contributed by atoms with Gasteiger partial charge < -0.3 is 14.7 Å². The second kappa shape index (κ2) is 11.0. The lowest BCUT2D eigenvalue weighted by molar-refractivity contribution is 0.0980. The maximum Gasteiger partial charge on any atom is 0.407 e. The molecule has 1 saturated heterocycles. The third-order valence-electron chi connectivity index (χ3n) is 10.7. The second-order valence-electron chi connectivity index (χ2n) is 13.9. The molecule has 246 valence electrons. The number of ether oxygens (including phenoxy) is 1. The first-order chi connectivity index (χ1) is 21.8. The van der Waals surface area contributed by atoms with Crippen LogP contribution in [0.2, 0.25) is 5.15 Å². The standard InChI is InChI=1S/C31H38ClN7O6S/c1-29(2)18-20(19-38(29)28(41)42)4-3-14-37-15-8-25(35-37)46(43,44)36-27(40)21-5-6-23(33-26(21)32)39-16-7-24(34-39)45-17-9-22-30(10-11-30)31(22)12-13-31/h5-8,15-16,20,22H,3-4,9-14,17-19H2,1-2H3,(H,36,40)(H,41,42)/t20-/m0/s1. The van der Waals surface area contributed by atoms with E-state index in [0.29, 0.717) is 48.6 Å². The van der Waals surface area contributed by atoms with Gasteiger partial charge in [0.15, 0.2) is 10.8 Å². The summed E-state index contributed by atoms with van der Waals surface area (Å²) in [7, 11) is -4.28. The van der Waals surface area contributed by atoms with Crippen LogP contribution in [-0.4, -0.2) is 73.7 Å². The Morgan fingerprint density at radius 3 is 2.46 bits per heavy atom. The van der Waals surface area contributed by atoms with E-state index < -0.39 is 27.6 Å². The predicted octanol–water partition coefficient (Wildman–Crippen LogP) is 4.75. The lowest BCUT2D eigenvalue weighted by atomic mass is 9.93. The topological polar surface area (TPSA) is 162 Å². The fraction of sp³-hybridized carbons (Fsp3) is 0.581. The molecule has 15 heteroatoms. The number of aromatic nitrogens is 5. The largest absolute Gasteiger partial charge is 0.477 e. The van der Waals surface area contributed by atoms with Gasteiger partial charge in [0.25, 0.3) is 15.9 Å². The number of carbonyl (C=O) groups excluding carboxylic acids is 1. The van der Waals surface area contributed by atoms with E-state index in [1.165, 1.54) is 64.3 Å². The molecule has 3 aliphatic carbocycles. The Bertz CT molecular complexity index is 1780. The minimum absolute atomic E-state index is 0.112. The monoisotopic (exact) mass is 671 g/mol. The summed E-state index contributed by atoms with van der Waals surface area (Å²) in [6.45, 7) is 5.39. The SMILES string of the molecule is CC1(C)C[C@H](CCCn2ccc(S(=O)(=O)NC(=O)c3ccc(-n4ccc(OCCC5C6(CC6)C56CC6)n4)nc3Cl)n2)CN1C(=O)O. The predicted molar refractivity (Wildman–Crippen MR) is 166 cm³/mol. The van der Waals surface area contributed by atoms with Gasteiger partial charge in [-0.25, -0.2) is 19.2 Å². The molecule has 1 aliphatic heterocycles. The number of amides is 2. The van der Waals surface area contributed by atoms with Crippen molar-refractivity contribution in [2.75, 3.05) is 13.2 Å². The molecule has 0 radical (unpaired) electrons. The molecule has 4 heterocycles. The number of rotatable bonds is 12. The average molecular weight is 672 g/mol. The zero-order chi connectivity index (χ0) is 32.5. The van der Waals surface area contributed by atoms with E-state index in [-0.39, 0.29) is 21.7 Å². The number of fused-ring (bicyclic) bond motifs is 1. The van der Waals surface area contributed by atoms with E-state index in [1.807, 2.05) is 18.6 Å². The third kappa shape index (κ3) is 5.52. The van der Waals surface area contributed by atoms with Gasteiger partial charge in [-0.15, -0.1) is 5.10 Å². The van der Waals surface area contributed by atoms with Crippen molar-refractivity contribution in [2.45, 2.75) is 82.3 Å². The second-order valence-corrected chi connectivity index (χ2v) is 15.9. The van der Waals surface area contributed by atoms with Crippen molar-refractivity contribution in [1.29, 1.82) is 0 Å². The van der Waals surface area contributed by atoms with Crippen molar-refractivity contribution in [2.24, 2.45) is 22.7 Å². The van der Waals surface area contributed by atoms with Gasteiger partial charge in [-0.2, -0.15) is 13.5 Å². The van der Waals surface area contributed by atoms with Crippen LogP contribution in [-0.2, 0) is 16.6 Å². The summed E-state index contributed by atoms with van der Waals surface area (Å²) in [4.78, 5) is 30.1. The van der Waals surface area contributed by atoms with Gasteiger partial charge in [0, 0.05) is 37.1 Å². The number of nitrogens with one attached hydrogen (secondary N) is 1. The molecule has 0 bridgehead atoms. The number of likely N-dealkylation sites (tertiary alicyclic amines) is 1. The minimum Gasteiger partial charge on any atom is -0.477 e. The number of nitrogens with zero attached hydrogens (tertiary/aromatic N) is 6. The van der Waals surface area contributed by atoms with Crippen molar-refractivity contribution in [1.82, 2.24) is 34.2 Å². The van der Waals surface area contributed by atoms with Crippen LogP contribution in [0.1, 0.15) is 75.6 Å². The van der Waals surface area contributed by atoms with Crippen LogP contribution in [0.25, 0.3) is 5.82 Å². The molecule has 0 unspecified atom stereocenters. The summed E-state index contributed by atoms with van der Waals surface area (Å²) in [6.07, 6.45) is 11.1. The quantitative estimate of drug-likeness (QED) is 0.259. The Morgan fingerprint density at radius 2 is 1.80 bits per heavy atom. The van der Waals surface area contributed by atoms with E-state index in [1.54, 1.807) is 12.3 Å². The Morgan fingerprint density at radius 1 is 1.07 bits per heavy atom. The van der Waals surface area contributed by atoms with Crippen LogP contribution < -0.4 is 9.46 Å². The molecule has 3 aromatic heterocycles. The lowest BCUT2D eigenvalue weighted by Gasteiger charge is -2.28. The number of sulfonamides is 1. The van der Waals surface area contributed by atoms with E-state index in [4.69, 9.17) is 16.3 Å². The zero-order valence-corrected chi connectivity index (χ0v) is 27.4. The van der Waals surface area contributed by atoms with Gasteiger partial charge in [-0.3, -0.25) is 9.48 Å². The molecular weight excluding hydrogens is 634 g/mol. The van der Waals surface area contributed by atoms with Crippen molar-refractivity contribution in [3.05, 3.63) is 47.4 Å². The molecular formula is C31H38ClN7O6S. The van der Waals surface area contributed by atoms with Crippen LogP contribution >= 0.6 is 11.6 Å². The molecule has 3 saturated carbocycles. The Balaban J connectivity index is 0.903. The van der Waals surface area contributed by atoms with Crippen LogP contribution in [0, 0.1) is 22.7 Å². The molecule has 1 atom stereocenters. The summed E-state index contributed by atoms with van der Waals surface area (Å²) in [5.41, 5.74) is 0.772. The Hall–Kier alpha value is -3.65. The van der Waals surface area contributed by atoms with Crippen molar-refractivity contribution in [3.8, 4) is 11.7 Å². The van der Waals surface area contributed by atoms with Crippen molar-refractivity contribution >= 4 is 33.6 Å². The minimum atomic E-state index is -4.28. The van der Waals surface area contributed by atoms with Crippen molar-refractivity contribution < 1.29 is 27.9 Å². The first-order valence-electron chi connectivity index (χ1n) is 15.8. The van der Waals surface area contributed by atoms with Crippen LogP contribution in [0.4, 0.5) is 4.79 Å². The van der Waals surface area contributed by atoms with Crippen LogP contribution in [0.5, 0.6) is 5.88 Å². The maximum absolute atomic E-state index is 12.9. The molecule has 46 heavy (non-hydrogen) atoms. The number of hydrogen-bond donors (Lipinski definition) is 2. The first-order valence-corrected chi connectivity index (χ1v) is 17.7. The van der Waals surface area contributed by atoms with E-state index in [2.05, 4.69) is 15.2 Å². The molecule has 7 rings (SSSR count). The van der Waals surface area contributed by atoms with Gasteiger partial charge in [0.2, 0.25) is 5.88 Å². The molecule has 13 nitrogen and oxygen atoms in total. The fourth-order valence-corrected chi connectivity index (χ4v) is 9.32. The normalized spacial score (nSPS) is 21.9. The van der Waals surface area contributed by atoms with Crippen molar-refractivity contribution in [3.63, 3.8) is 0 Å². The highest BCUT2D eigenvalue weighted by Gasteiger charge is 2.85. The van der Waals surface area contributed by atoms with Gasteiger partial charge >= 0.3 is 6.09 Å². The van der Waals surface area contributed by atoms with E-state index >= 15 is 0 Å². The number of aryl methyl sites for hydroxylation is 1. The average Bonchev–Trinajstić information content (AvgIpc) is 3.90. The van der Waals surface area contributed by atoms with Gasteiger partial charge in [-0.05, 0) is 106 Å². The molecule has 3 aromatic rings. The number of carboxylic acid groups (broad SMARTS) is 1. The van der Waals surface area contributed by atoms with Gasteiger partial charge in [0.05, 0.1) is 12.2 Å². The summed E-state index contributed by atoms with van der Waals surface area (Å²) >= 11 is 6.31. The van der Waals surface area contributed by atoms with Crippen LogP contribution in [0.3, 0.4) is 0 Å². The summed E-state index contributed by atoms with van der Waals surface area (Å²) in [5.74, 6) is 0.922. The van der Waals surface area contributed by atoms with Gasteiger partial charge in [-0.1, -0.05) is 11.6 Å². The zero-order valence-electron chi connectivity index (χ0n) is 25.9. The Kier molecular flexibility index (Phi) is 7.38. The molecule has 2 N–H and O–H groups in total. The smallest absolute Gasteiger partial charge is 0.407 e. The summed E-state index contributed by atoms with van der Waals surface area (Å²) in [5, 5.41) is 17.5.